The SMILES string of the molecule is C=C1NCCN(CC)CCNc2ccn3ncc(c3n2)-c2cc(C)cc1c2. The molecule has 0 atom stereocenters. The third-order valence-electron chi connectivity index (χ3n) is 5.05. The molecule has 1 aliphatic heterocycles. The summed E-state index contributed by atoms with van der Waals surface area (Å²) in [6.07, 6.45) is 3.85. The number of likely N-dealkylation sites (N-methyl/N-ethyl adjacent to an activating group) is 1. The summed E-state index contributed by atoms with van der Waals surface area (Å²) in [5.41, 5.74) is 6.25. The highest BCUT2D eigenvalue weighted by molar-refractivity contribution is 5.80. The molecule has 4 bridgehead atoms. The number of nitrogens with zero attached hydrogens (tertiary/aromatic N) is 4. The van der Waals surface area contributed by atoms with Gasteiger partial charge in [0.25, 0.3) is 0 Å². The van der Waals surface area contributed by atoms with Gasteiger partial charge in [-0.2, -0.15) is 5.10 Å². The first-order valence-electron chi connectivity index (χ1n) is 9.50. The third-order valence-corrected chi connectivity index (χ3v) is 5.05. The van der Waals surface area contributed by atoms with Gasteiger partial charge in [-0.15, -0.1) is 0 Å². The molecule has 4 rings (SSSR count). The first kappa shape index (κ1) is 17.5. The molecule has 0 saturated heterocycles. The van der Waals surface area contributed by atoms with E-state index in [0.29, 0.717) is 0 Å². The lowest BCUT2D eigenvalue weighted by Crippen LogP contribution is -2.34. The molecular formula is C21H26N6. The van der Waals surface area contributed by atoms with Crippen LogP contribution in [0.2, 0.25) is 0 Å². The smallest absolute Gasteiger partial charge is 0.165 e. The molecule has 6 nitrogen and oxygen atoms in total. The highest BCUT2D eigenvalue weighted by Crippen LogP contribution is 2.28. The Morgan fingerprint density at radius 1 is 1.11 bits per heavy atom. The van der Waals surface area contributed by atoms with Gasteiger partial charge in [-0.05, 0) is 48.4 Å². The van der Waals surface area contributed by atoms with Gasteiger partial charge >= 0.3 is 0 Å². The zero-order valence-electron chi connectivity index (χ0n) is 16.0. The highest BCUT2D eigenvalue weighted by atomic mass is 15.3. The summed E-state index contributed by atoms with van der Waals surface area (Å²) in [4.78, 5) is 7.23. The molecule has 0 unspecified atom stereocenters. The molecule has 2 aromatic heterocycles. The normalized spacial score (nSPS) is 15.9. The van der Waals surface area contributed by atoms with E-state index < -0.39 is 0 Å². The molecule has 2 N–H and O–H groups in total. The van der Waals surface area contributed by atoms with Gasteiger partial charge in [-0.1, -0.05) is 19.6 Å². The van der Waals surface area contributed by atoms with Gasteiger partial charge in [0, 0.05) is 43.6 Å². The maximum atomic E-state index is 4.81. The Hall–Kier alpha value is -2.86. The number of fused-ring (bicyclic) bond motifs is 4. The number of rotatable bonds is 1. The van der Waals surface area contributed by atoms with Crippen molar-refractivity contribution in [1.82, 2.24) is 24.8 Å². The van der Waals surface area contributed by atoms with Crippen molar-refractivity contribution in [3.63, 3.8) is 0 Å². The molecule has 0 radical (unpaired) electrons. The first-order chi connectivity index (χ1) is 13.1. The maximum absolute atomic E-state index is 4.81. The number of aryl methyl sites for hydroxylation is 1. The second kappa shape index (κ2) is 7.40. The summed E-state index contributed by atoms with van der Waals surface area (Å²) in [5, 5.41) is 11.4. The molecule has 0 spiro atoms. The van der Waals surface area contributed by atoms with Crippen LogP contribution in [0.5, 0.6) is 0 Å². The molecule has 1 aliphatic rings. The average Bonchev–Trinajstić information content (AvgIpc) is 3.08. The lowest BCUT2D eigenvalue weighted by molar-refractivity contribution is 0.303. The fraction of sp³-hybridized carbons (Fsp3) is 0.333. The first-order valence-corrected chi connectivity index (χ1v) is 9.50. The number of hydrogen-bond acceptors (Lipinski definition) is 5. The Bertz CT molecular complexity index is 974. The van der Waals surface area contributed by atoms with Gasteiger partial charge in [-0.25, -0.2) is 9.50 Å². The van der Waals surface area contributed by atoms with Gasteiger partial charge in [0.2, 0.25) is 0 Å². The molecule has 3 aromatic rings. The van der Waals surface area contributed by atoms with Crippen LogP contribution in [0, 0.1) is 6.92 Å². The molecular weight excluding hydrogens is 336 g/mol. The zero-order chi connectivity index (χ0) is 18.8. The number of hydrogen-bond donors (Lipinski definition) is 2. The van der Waals surface area contributed by atoms with Crippen molar-refractivity contribution in [2.45, 2.75) is 13.8 Å². The molecule has 0 aliphatic carbocycles. The largest absolute Gasteiger partial charge is 0.384 e. The lowest BCUT2D eigenvalue weighted by atomic mass is 10.0. The van der Waals surface area contributed by atoms with Crippen molar-refractivity contribution >= 4 is 17.2 Å². The van der Waals surface area contributed by atoms with Crippen LogP contribution in [0.4, 0.5) is 5.82 Å². The van der Waals surface area contributed by atoms with Crippen molar-refractivity contribution in [1.29, 1.82) is 0 Å². The van der Waals surface area contributed by atoms with Crippen molar-refractivity contribution in [3.8, 4) is 11.1 Å². The van der Waals surface area contributed by atoms with Crippen LogP contribution in [0.1, 0.15) is 18.1 Å². The van der Waals surface area contributed by atoms with Crippen molar-refractivity contribution < 1.29 is 0 Å². The van der Waals surface area contributed by atoms with E-state index in [1.165, 1.54) is 5.56 Å². The minimum absolute atomic E-state index is 0.855. The van der Waals surface area contributed by atoms with Crippen LogP contribution in [-0.4, -0.2) is 52.2 Å². The average molecular weight is 362 g/mol. The fourth-order valence-corrected chi connectivity index (χ4v) is 3.52. The van der Waals surface area contributed by atoms with E-state index in [1.54, 1.807) is 0 Å². The van der Waals surface area contributed by atoms with Crippen LogP contribution in [-0.2, 0) is 0 Å². The van der Waals surface area contributed by atoms with Crippen molar-refractivity contribution in [2.24, 2.45) is 0 Å². The summed E-state index contributed by atoms with van der Waals surface area (Å²) in [5.74, 6) is 0.880. The minimum atomic E-state index is 0.855. The molecule has 1 aromatic carbocycles. The van der Waals surface area contributed by atoms with Crippen molar-refractivity contribution in [3.05, 3.63) is 54.4 Å². The van der Waals surface area contributed by atoms with Crippen LogP contribution in [0.3, 0.4) is 0 Å². The summed E-state index contributed by atoms with van der Waals surface area (Å²) in [6, 6.07) is 8.48. The van der Waals surface area contributed by atoms with E-state index in [1.807, 2.05) is 23.0 Å². The molecule has 0 fully saturated rings. The molecule has 0 amide bonds. The molecule has 0 saturated carbocycles. The van der Waals surface area contributed by atoms with E-state index in [2.05, 4.69) is 59.3 Å². The molecule has 6 heteroatoms. The zero-order valence-corrected chi connectivity index (χ0v) is 16.0. The van der Waals surface area contributed by atoms with Crippen LogP contribution in [0.25, 0.3) is 22.5 Å². The van der Waals surface area contributed by atoms with Crippen LogP contribution >= 0.6 is 0 Å². The Morgan fingerprint density at radius 3 is 2.70 bits per heavy atom. The summed E-state index contributed by atoms with van der Waals surface area (Å²) in [7, 11) is 0. The Morgan fingerprint density at radius 2 is 1.89 bits per heavy atom. The quantitative estimate of drug-likeness (QED) is 0.697. The van der Waals surface area contributed by atoms with Gasteiger partial charge in [0.05, 0.1) is 6.20 Å². The van der Waals surface area contributed by atoms with Crippen LogP contribution in [0.15, 0.2) is 43.2 Å². The standard InChI is InChI=1S/C21H26N6/c1-4-26-9-6-22-16(3)17-11-15(2)12-18(13-17)19-14-24-27-8-5-20(23-7-10-26)25-21(19)27/h5,8,11-14,22H,3-4,6-7,9-10H2,1-2H3,(H,23,25). The van der Waals surface area contributed by atoms with Gasteiger partial charge in [0.15, 0.2) is 5.65 Å². The van der Waals surface area contributed by atoms with Gasteiger partial charge in [0.1, 0.15) is 5.82 Å². The van der Waals surface area contributed by atoms with Crippen molar-refractivity contribution in [2.75, 3.05) is 38.0 Å². The second-order valence-corrected chi connectivity index (χ2v) is 6.99. The number of aromatic nitrogens is 3. The van der Waals surface area contributed by atoms with E-state index in [0.717, 1.165) is 66.6 Å². The maximum Gasteiger partial charge on any atom is 0.165 e. The van der Waals surface area contributed by atoms with E-state index in [-0.39, 0.29) is 0 Å². The van der Waals surface area contributed by atoms with E-state index in [4.69, 9.17) is 4.98 Å². The lowest BCUT2D eigenvalue weighted by Gasteiger charge is -2.21. The minimum Gasteiger partial charge on any atom is -0.384 e. The summed E-state index contributed by atoms with van der Waals surface area (Å²) < 4.78 is 1.83. The highest BCUT2D eigenvalue weighted by Gasteiger charge is 2.12. The number of anilines is 1. The Kier molecular flexibility index (Phi) is 4.81. The second-order valence-electron chi connectivity index (χ2n) is 6.99. The molecule has 27 heavy (non-hydrogen) atoms. The Balaban J connectivity index is 1.81. The summed E-state index contributed by atoms with van der Waals surface area (Å²) in [6.45, 7) is 13.3. The van der Waals surface area contributed by atoms with Crippen LogP contribution < -0.4 is 10.6 Å². The fourth-order valence-electron chi connectivity index (χ4n) is 3.52. The molecule has 3 heterocycles. The van der Waals surface area contributed by atoms with Gasteiger partial charge in [-0.3, -0.25) is 0 Å². The predicted molar refractivity (Wildman–Crippen MR) is 111 cm³/mol. The molecule has 140 valence electrons. The summed E-state index contributed by atoms with van der Waals surface area (Å²) >= 11 is 0. The van der Waals surface area contributed by atoms with E-state index in [9.17, 15) is 0 Å². The third kappa shape index (κ3) is 3.66. The topological polar surface area (TPSA) is 57.5 Å². The monoisotopic (exact) mass is 362 g/mol. The number of benzene rings is 1. The predicted octanol–water partition coefficient (Wildman–Crippen LogP) is 3.01. The van der Waals surface area contributed by atoms with E-state index >= 15 is 0 Å². The van der Waals surface area contributed by atoms with Gasteiger partial charge < -0.3 is 15.5 Å². The Labute approximate surface area is 159 Å². The number of nitrogens with one attached hydrogen (secondary N) is 2.